The third-order valence-electron chi connectivity index (χ3n) is 6.55. The minimum absolute atomic E-state index is 0.00410. The lowest BCUT2D eigenvalue weighted by atomic mass is 9.96. The number of nitriles is 1. The van der Waals surface area contributed by atoms with Crippen LogP contribution in [-0.2, 0) is 29.3 Å². The Bertz CT molecular complexity index is 1220. The van der Waals surface area contributed by atoms with E-state index in [1.807, 2.05) is 30.3 Å². The summed E-state index contributed by atoms with van der Waals surface area (Å²) >= 11 is 0. The van der Waals surface area contributed by atoms with E-state index in [1.54, 1.807) is 0 Å². The fraction of sp³-hybridized carbons (Fsp3) is 0.348. The Hall–Kier alpha value is -2.62. The van der Waals surface area contributed by atoms with Gasteiger partial charge in [0.2, 0.25) is 0 Å². The number of benzene rings is 2. The van der Waals surface area contributed by atoms with Crippen molar-refractivity contribution in [1.29, 1.82) is 5.26 Å². The summed E-state index contributed by atoms with van der Waals surface area (Å²) in [5.74, 6) is 0. The summed E-state index contributed by atoms with van der Waals surface area (Å²) in [5.41, 5.74) is 4.61. The van der Waals surface area contributed by atoms with Crippen LogP contribution in [0, 0.1) is 11.3 Å². The molecule has 0 spiro atoms. The highest BCUT2D eigenvalue weighted by molar-refractivity contribution is 7.91. The number of para-hydroxylation sites is 1. The van der Waals surface area contributed by atoms with Gasteiger partial charge in [-0.1, -0.05) is 48.5 Å². The lowest BCUT2D eigenvalue weighted by Crippen LogP contribution is -2.43. The molecule has 5 rings (SSSR count). The Balaban J connectivity index is 1.68. The van der Waals surface area contributed by atoms with E-state index < -0.39 is 9.84 Å². The zero-order valence-electron chi connectivity index (χ0n) is 16.3. The van der Waals surface area contributed by atoms with Gasteiger partial charge in [0.25, 0.3) is 0 Å². The van der Waals surface area contributed by atoms with Gasteiger partial charge in [0, 0.05) is 35.4 Å². The van der Waals surface area contributed by atoms with Gasteiger partial charge in [-0.3, -0.25) is 4.90 Å². The first-order chi connectivity index (χ1) is 14.0. The Morgan fingerprint density at radius 1 is 1.10 bits per heavy atom. The van der Waals surface area contributed by atoms with Crippen LogP contribution in [0.1, 0.15) is 29.3 Å². The third-order valence-corrected chi connectivity index (χ3v) is 8.15. The maximum atomic E-state index is 12.6. The van der Waals surface area contributed by atoms with Gasteiger partial charge in [0.15, 0.2) is 9.84 Å². The molecule has 2 aliphatic heterocycles. The monoisotopic (exact) mass is 405 g/mol. The SMILES string of the molecule is CS(=O)(=O)C1CC2c3c(c4ccccc4n3CC#N)CC1N2Cc1ccccc1. The lowest BCUT2D eigenvalue weighted by Gasteiger charge is -2.36. The minimum atomic E-state index is -3.17. The second-order valence-corrected chi connectivity index (χ2v) is 10.4. The van der Waals surface area contributed by atoms with Gasteiger partial charge >= 0.3 is 0 Å². The van der Waals surface area contributed by atoms with Crippen LogP contribution in [0.5, 0.6) is 0 Å². The van der Waals surface area contributed by atoms with E-state index in [9.17, 15) is 13.7 Å². The molecule has 3 heterocycles. The molecule has 3 unspecified atom stereocenters. The number of nitrogens with zero attached hydrogens (tertiary/aromatic N) is 3. The molecule has 2 aliphatic rings. The number of hydrogen-bond acceptors (Lipinski definition) is 4. The molecule has 3 atom stereocenters. The quantitative estimate of drug-likeness (QED) is 0.667. The molecule has 0 N–H and O–H groups in total. The van der Waals surface area contributed by atoms with Crippen LogP contribution >= 0.6 is 0 Å². The fourth-order valence-corrected chi connectivity index (χ4v) is 6.75. The molecule has 2 bridgehead atoms. The third kappa shape index (κ3) is 2.88. The molecular formula is C23H23N3O2S. The van der Waals surface area contributed by atoms with Crippen molar-refractivity contribution in [3.05, 3.63) is 71.4 Å². The van der Waals surface area contributed by atoms with Crippen molar-refractivity contribution < 1.29 is 8.42 Å². The zero-order chi connectivity index (χ0) is 20.2. The first-order valence-electron chi connectivity index (χ1n) is 9.94. The molecule has 1 fully saturated rings. The molecule has 0 saturated carbocycles. The van der Waals surface area contributed by atoms with Gasteiger partial charge in [-0.2, -0.15) is 5.26 Å². The van der Waals surface area contributed by atoms with Gasteiger partial charge in [-0.25, -0.2) is 8.42 Å². The number of rotatable bonds is 4. The molecule has 148 valence electrons. The molecule has 29 heavy (non-hydrogen) atoms. The summed E-state index contributed by atoms with van der Waals surface area (Å²) in [7, 11) is -3.17. The fourth-order valence-electron chi connectivity index (χ4n) is 5.40. The first-order valence-corrected chi connectivity index (χ1v) is 11.9. The normalized spacial score (nSPS) is 23.8. The smallest absolute Gasteiger partial charge is 0.151 e. The Kier molecular flexibility index (Phi) is 4.27. The van der Waals surface area contributed by atoms with Crippen LogP contribution in [0.3, 0.4) is 0 Å². The van der Waals surface area contributed by atoms with E-state index in [-0.39, 0.29) is 23.9 Å². The highest BCUT2D eigenvalue weighted by atomic mass is 32.2. The summed E-state index contributed by atoms with van der Waals surface area (Å²) in [6.07, 6.45) is 2.66. The summed E-state index contributed by atoms with van der Waals surface area (Å²) in [6, 6.07) is 20.7. The number of hydrogen-bond donors (Lipinski definition) is 0. The second kappa shape index (κ2) is 6.72. The predicted octanol–water partition coefficient (Wildman–Crippen LogP) is 3.45. The molecule has 0 amide bonds. The van der Waals surface area contributed by atoms with Crippen molar-refractivity contribution in [3.63, 3.8) is 0 Å². The van der Waals surface area contributed by atoms with Crippen molar-refractivity contribution in [2.45, 2.75) is 43.3 Å². The minimum Gasteiger partial charge on any atom is -0.329 e. The largest absolute Gasteiger partial charge is 0.329 e. The molecule has 2 aromatic carbocycles. The van der Waals surface area contributed by atoms with Crippen LogP contribution < -0.4 is 0 Å². The van der Waals surface area contributed by atoms with Gasteiger partial charge in [0.1, 0.15) is 6.54 Å². The number of aromatic nitrogens is 1. The summed E-state index contributed by atoms with van der Waals surface area (Å²) < 4.78 is 27.4. The molecule has 5 nitrogen and oxygen atoms in total. The highest BCUT2D eigenvalue weighted by Gasteiger charge is 2.51. The standard InChI is InChI=1S/C23H23N3O2S/c1-29(27,28)22-14-21-23-18(17-9-5-6-10-19(17)25(23)12-11-24)13-20(22)26(21)15-16-7-3-2-4-8-16/h2-10,20-22H,12-15H2,1H3. The Labute approximate surface area is 171 Å². The highest BCUT2D eigenvalue weighted by Crippen LogP contribution is 2.49. The van der Waals surface area contributed by atoms with Crippen molar-refractivity contribution in [2.75, 3.05) is 6.26 Å². The molecule has 0 radical (unpaired) electrons. The van der Waals surface area contributed by atoms with E-state index in [0.29, 0.717) is 12.8 Å². The summed E-state index contributed by atoms with van der Waals surface area (Å²) in [5, 5.41) is 10.2. The molecule has 0 aliphatic carbocycles. The average molecular weight is 406 g/mol. The van der Waals surface area contributed by atoms with Gasteiger partial charge < -0.3 is 4.57 Å². The molecular weight excluding hydrogens is 382 g/mol. The van der Waals surface area contributed by atoms with Crippen LogP contribution in [-0.4, -0.2) is 35.4 Å². The van der Waals surface area contributed by atoms with Crippen molar-refractivity contribution in [3.8, 4) is 6.07 Å². The summed E-state index contributed by atoms with van der Waals surface area (Å²) in [4.78, 5) is 2.36. The van der Waals surface area contributed by atoms with E-state index >= 15 is 0 Å². The van der Waals surface area contributed by atoms with E-state index in [0.717, 1.165) is 23.1 Å². The molecule has 6 heteroatoms. The molecule has 3 aromatic rings. The van der Waals surface area contributed by atoms with Gasteiger partial charge in [-0.15, -0.1) is 0 Å². The van der Waals surface area contributed by atoms with Gasteiger partial charge in [-0.05, 0) is 30.0 Å². The molecule has 1 saturated heterocycles. The maximum Gasteiger partial charge on any atom is 0.151 e. The second-order valence-electron chi connectivity index (χ2n) is 8.17. The Morgan fingerprint density at radius 3 is 2.55 bits per heavy atom. The van der Waals surface area contributed by atoms with Crippen LogP contribution in [0.25, 0.3) is 10.9 Å². The summed E-state index contributed by atoms with van der Waals surface area (Å²) in [6.45, 7) is 0.995. The van der Waals surface area contributed by atoms with Gasteiger partial charge in [0.05, 0.1) is 17.4 Å². The predicted molar refractivity (Wildman–Crippen MR) is 113 cm³/mol. The van der Waals surface area contributed by atoms with E-state index in [4.69, 9.17) is 0 Å². The van der Waals surface area contributed by atoms with Crippen molar-refractivity contribution in [1.82, 2.24) is 9.47 Å². The number of fused-ring (bicyclic) bond motifs is 6. The van der Waals surface area contributed by atoms with E-state index in [1.165, 1.54) is 17.4 Å². The first kappa shape index (κ1) is 18.4. The Morgan fingerprint density at radius 2 is 1.83 bits per heavy atom. The zero-order valence-corrected chi connectivity index (χ0v) is 17.1. The number of sulfone groups is 1. The van der Waals surface area contributed by atoms with Crippen molar-refractivity contribution in [2.24, 2.45) is 0 Å². The topological polar surface area (TPSA) is 66.1 Å². The maximum absolute atomic E-state index is 12.6. The molecule has 1 aromatic heterocycles. The average Bonchev–Trinajstić information content (AvgIpc) is 3.13. The van der Waals surface area contributed by atoms with Crippen molar-refractivity contribution >= 4 is 20.7 Å². The van der Waals surface area contributed by atoms with Crippen LogP contribution in [0.4, 0.5) is 0 Å². The van der Waals surface area contributed by atoms with E-state index in [2.05, 4.69) is 39.8 Å². The van der Waals surface area contributed by atoms with Crippen LogP contribution in [0.2, 0.25) is 0 Å². The lowest BCUT2D eigenvalue weighted by molar-refractivity contribution is 0.164. The van der Waals surface area contributed by atoms with Crippen LogP contribution in [0.15, 0.2) is 54.6 Å².